The lowest BCUT2D eigenvalue weighted by Crippen LogP contribution is -2.19. The second-order valence-electron chi connectivity index (χ2n) is 5.54. The van der Waals surface area contributed by atoms with Crippen LogP contribution in [0.4, 0.5) is 5.82 Å². The second kappa shape index (κ2) is 7.37. The fraction of sp³-hybridized carbons (Fsp3) is 0.471. The van der Waals surface area contributed by atoms with Gasteiger partial charge < -0.3 is 14.8 Å². The van der Waals surface area contributed by atoms with Crippen LogP contribution in [-0.4, -0.2) is 42.0 Å². The molecule has 1 aromatic heterocycles. The number of aromatic nitrogens is 2. The molecule has 1 aliphatic heterocycles. The van der Waals surface area contributed by atoms with Crippen LogP contribution in [0.3, 0.4) is 0 Å². The van der Waals surface area contributed by atoms with Gasteiger partial charge in [0.05, 0.1) is 24.8 Å². The highest BCUT2D eigenvalue weighted by Crippen LogP contribution is 2.24. The summed E-state index contributed by atoms with van der Waals surface area (Å²) in [5.41, 5.74) is 0.640. The van der Waals surface area contributed by atoms with Crippen LogP contribution < -0.4 is 5.32 Å². The first-order chi connectivity index (χ1) is 11.3. The number of fused-ring (bicyclic) bond motifs is 1. The first-order valence-electron chi connectivity index (χ1n) is 8.03. The van der Waals surface area contributed by atoms with Gasteiger partial charge in [-0.3, -0.25) is 4.79 Å². The van der Waals surface area contributed by atoms with Gasteiger partial charge in [-0.2, -0.15) is 5.10 Å². The summed E-state index contributed by atoms with van der Waals surface area (Å²) >= 11 is 0. The molecular weight excluding hydrogens is 294 g/mol. The fourth-order valence-electron chi connectivity index (χ4n) is 2.79. The molecule has 6 nitrogen and oxygen atoms in total. The molecule has 0 amide bonds. The number of hydrogen-bond acceptors (Lipinski definition) is 6. The van der Waals surface area contributed by atoms with Crippen molar-refractivity contribution in [2.75, 3.05) is 25.1 Å². The van der Waals surface area contributed by atoms with E-state index in [-0.39, 0.29) is 18.5 Å². The van der Waals surface area contributed by atoms with Gasteiger partial charge in [0.1, 0.15) is 0 Å². The Morgan fingerprint density at radius 3 is 2.91 bits per heavy atom. The molecule has 2 aromatic rings. The van der Waals surface area contributed by atoms with Crippen molar-refractivity contribution in [2.24, 2.45) is 0 Å². The van der Waals surface area contributed by atoms with E-state index in [1.807, 2.05) is 24.3 Å². The molecule has 1 atom stereocenters. The molecule has 122 valence electrons. The third-order valence-corrected chi connectivity index (χ3v) is 3.90. The summed E-state index contributed by atoms with van der Waals surface area (Å²) in [4.78, 5) is 11.7. The zero-order valence-corrected chi connectivity index (χ0v) is 13.2. The average Bonchev–Trinajstić information content (AvgIpc) is 3.08. The molecule has 0 saturated carbocycles. The molecule has 1 fully saturated rings. The summed E-state index contributed by atoms with van der Waals surface area (Å²) in [6.07, 6.45) is 2.54. The number of carbonyl (C=O) groups is 1. The third kappa shape index (κ3) is 3.76. The van der Waals surface area contributed by atoms with E-state index in [0.717, 1.165) is 42.6 Å². The molecule has 0 radical (unpaired) electrons. The number of rotatable bonds is 6. The van der Waals surface area contributed by atoms with E-state index in [1.165, 1.54) is 0 Å². The fourth-order valence-corrected chi connectivity index (χ4v) is 2.79. The Labute approximate surface area is 135 Å². The Kier molecular flexibility index (Phi) is 5.02. The Bertz CT molecular complexity index is 684. The summed E-state index contributed by atoms with van der Waals surface area (Å²) < 4.78 is 10.6. The Morgan fingerprint density at radius 2 is 2.17 bits per heavy atom. The first kappa shape index (κ1) is 15.7. The van der Waals surface area contributed by atoms with E-state index in [2.05, 4.69) is 15.5 Å². The highest BCUT2D eigenvalue weighted by Gasteiger charge is 2.17. The van der Waals surface area contributed by atoms with Crippen LogP contribution in [0.15, 0.2) is 24.3 Å². The molecule has 0 bridgehead atoms. The highest BCUT2D eigenvalue weighted by atomic mass is 16.5. The van der Waals surface area contributed by atoms with Gasteiger partial charge in [0.2, 0.25) is 0 Å². The van der Waals surface area contributed by atoms with Gasteiger partial charge in [-0.1, -0.05) is 24.3 Å². The van der Waals surface area contributed by atoms with Gasteiger partial charge in [-0.15, -0.1) is 5.10 Å². The van der Waals surface area contributed by atoms with Crippen LogP contribution in [0.5, 0.6) is 0 Å². The van der Waals surface area contributed by atoms with E-state index in [9.17, 15) is 4.79 Å². The first-order valence-corrected chi connectivity index (χ1v) is 8.03. The molecule has 0 aliphatic carbocycles. The molecule has 23 heavy (non-hydrogen) atoms. The standard InChI is InChI=1S/C17H21N3O3/c1-2-22-16(21)10-15-13-7-3-4-8-14(13)17(20-19-15)18-11-12-6-5-9-23-12/h3-4,7-8,12H,2,5-6,9-11H2,1H3,(H,18,20). The number of nitrogens with zero attached hydrogens (tertiary/aromatic N) is 2. The molecule has 1 saturated heterocycles. The van der Waals surface area contributed by atoms with Crippen LogP contribution in [0.1, 0.15) is 25.5 Å². The predicted molar refractivity (Wildman–Crippen MR) is 87.3 cm³/mol. The number of anilines is 1. The number of ether oxygens (including phenoxy) is 2. The van der Waals surface area contributed by atoms with Crippen LogP contribution in [0, 0.1) is 0 Å². The quantitative estimate of drug-likeness (QED) is 0.825. The number of benzene rings is 1. The van der Waals surface area contributed by atoms with Crippen molar-refractivity contribution in [2.45, 2.75) is 32.3 Å². The third-order valence-electron chi connectivity index (χ3n) is 3.90. The maximum Gasteiger partial charge on any atom is 0.311 e. The van der Waals surface area contributed by atoms with Crippen molar-refractivity contribution in [3.05, 3.63) is 30.0 Å². The van der Waals surface area contributed by atoms with Crippen molar-refractivity contribution in [3.63, 3.8) is 0 Å². The molecule has 0 spiro atoms. The smallest absolute Gasteiger partial charge is 0.311 e. The predicted octanol–water partition coefficient (Wildman–Crippen LogP) is 2.33. The van der Waals surface area contributed by atoms with Crippen LogP contribution in [-0.2, 0) is 20.7 Å². The van der Waals surface area contributed by atoms with Crippen molar-refractivity contribution in [1.82, 2.24) is 10.2 Å². The molecule has 3 rings (SSSR count). The van der Waals surface area contributed by atoms with Crippen molar-refractivity contribution in [3.8, 4) is 0 Å². The number of esters is 1. The topological polar surface area (TPSA) is 73.3 Å². The van der Waals surface area contributed by atoms with E-state index in [1.54, 1.807) is 6.92 Å². The normalized spacial score (nSPS) is 17.3. The molecular formula is C17H21N3O3. The van der Waals surface area contributed by atoms with Crippen LogP contribution >= 0.6 is 0 Å². The largest absolute Gasteiger partial charge is 0.466 e. The SMILES string of the molecule is CCOC(=O)Cc1nnc(NCC2CCCO2)c2ccccc12. The summed E-state index contributed by atoms with van der Waals surface area (Å²) in [7, 11) is 0. The van der Waals surface area contributed by atoms with Gasteiger partial charge in [0.15, 0.2) is 5.82 Å². The van der Waals surface area contributed by atoms with Gasteiger partial charge in [-0.05, 0) is 19.8 Å². The Morgan fingerprint density at radius 1 is 1.35 bits per heavy atom. The molecule has 1 N–H and O–H groups in total. The monoisotopic (exact) mass is 315 g/mol. The number of carbonyl (C=O) groups excluding carboxylic acids is 1. The lowest BCUT2D eigenvalue weighted by molar-refractivity contribution is -0.142. The van der Waals surface area contributed by atoms with E-state index < -0.39 is 0 Å². The van der Waals surface area contributed by atoms with E-state index in [4.69, 9.17) is 9.47 Å². The van der Waals surface area contributed by atoms with Crippen LogP contribution in [0.2, 0.25) is 0 Å². The average molecular weight is 315 g/mol. The molecule has 6 heteroatoms. The number of hydrogen-bond donors (Lipinski definition) is 1. The second-order valence-corrected chi connectivity index (χ2v) is 5.54. The minimum absolute atomic E-state index is 0.132. The van der Waals surface area contributed by atoms with Crippen molar-refractivity contribution in [1.29, 1.82) is 0 Å². The Balaban J connectivity index is 1.81. The zero-order chi connectivity index (χ0) is 16.1. The Hall–Kier alpha value is -2.21. The van der Waals surface area contributed by atoms with Gasteiger partial charge >= 0.3 is 5.97 Å². The highest BCUT2D eigenvalue weighted by molar-refractivity contribution is 5.94. The van der Waals surface area contributed by atoms with Crippen molar-refractivity contribution < 1.29 is 14.3 Å². The summed E-state index contributed by atoms with van der Waals surface area (Å²) in [6, 6.07) is 7.82. The van der Waals surface area contributed by atoms with Gasteiger partial charge in [0.25, 0.3) is 0 Å². The van der Waals surface area contributed by atoms with Crippen molar-refractivity contribution >= 4 is 22.6 Å². The molecule has 1 aliphatic rings. The molecule has 2 heterocycles. The minimum Gasteiger partial charge on any atom is -0.466 e. The van der Waals surface area contributed by atoms with E-state index in [0.29, 0.717) is 12.3 Å². The van der Waals surface area contributed by atoms with E-state index >= 15 is 0 Å². The lowest BCUT2D eigenvalue weighted by atomic mass is 10.1. The summed E-state index contributed by atoms with van der Waals surface area (Å²) in [6.45, 7) is 3.71. The maximum absolute atomic E-state index is 11.7. The number of nitrogens with one attached hydrogen (secondary N) is 1. The van der Waals surface area contributed by atoms with Crippen LogP contribution in [0.25, 0.3) is 10.8 Å². The minimum atomic E-state index is -0.285. The van der Waals surface area contributed by atoms with Gasteiger partial charge in [-0.25, -0.2) is 0 Å². The summed E-state index contributed by atoms with van der Waals surface area (Å²) in [5.74, 6) is 0.440. The molecule has 1 unspecified atom stereocenters. The molecule has 1 aromatic carbocycles. The maximum atomic E-state index is 11.7. The van der Waals surface area contributed by atoms with Gasteiger partial charge in [0, 0.05) is 23.9 Å². The summed E-state index contributed by atoms with van der Waals surface area (Å²) in [5, 5.41) is 13.7. The lowest BCUT2D eigenvalue weighted by Gasteiger charge is -2.13. The zero-order valence-electron chi connectivity index (χ0n) is 13.2.